The molecule has 1 aromatic heterocycles. The molecule has 0 saturated heterocycles. The van der Waals surface area contributed by atoms with Gasteiger partial charge in [-0.15, -0.1) is 0 Å². The largest absolute Gasteiger partial charge is 0.377 e. The lowest BCUT2D eigenvalue weighted by molar-refractivity contribution is 0.597. The number of aryl methyl sites for hydroxylation is 1. The average Bonchev–Trinajstić information content (AvgIpc) is 2.91. The van der Waals surface area contributed by atoms with Crippen LogP contribution < -0.4 is 5.32 Å². The molecule has 0 saturated carbocycles. The van der Waals surface area contributed by atoms with Gasteiger partial charge in [-0.2, -0.15) is 0 Å². The number of rotatable bonds is 4. The summed E-state index contributed by atoms with van der Waals surface area (Å²) in [5.41, 5.74) is 3.32. The Bertz CT molecular complexity index is 739. The summed E-state index contributed by atoms with van der Waals surface area (Å²) in [6.45, 7) is 1.66. The number of hydrogen-bond donors (Lipinski definition) is 1. The number of nitrogens with zero attached hydrogens (tertiary/aromatic N) is 1. The van der Waals surface area contributed by atoms with Crippen molar-refractivity contribution in [2.45, 2.75) is 30.7 Å². The minimum atomic E-state index is -3.13. The first kappa shape index (κ1) is 14.1. The van der Waals surface area contributed by atoms with Gasteiger partial charge in [-0.3, -0.25) is 4.98 Å². The smallest absolute Gasteiger partial charge is 0.178 e. The predicted molar refractivity (Wildman–Crippen MR) is 83.1 cm³/mol. The van der Waals surface area contributed by atoms with E-state index in [-0.39, 0.29) is 11.8 Å². The van der Waals surface area contributed by atoms with Crippen molar-refractivity contribution in [1.82, 2.24) is 4.98 Å². The maximum absolute atomic E-state index is 11.8. The van der Waals surface area contributed by atoms with E-state index in [1.807, 2.05) is 24.4 Å². The van der Waals surface area contributed by atoms with Gasteiger partial charge in [0.2, 0.25) is 0 Å². The molecule has 0 aliphatic heterocycles. The lowest BCUT2D eigenvalue weighted by Gasteiger charge is -2.15. The van der Waals surface area contributed by atoms with Crippen LogP contribution in [0.3, 0.4) is 0 Å². The number of hydrogen-bond acceptors (Lipinski definition) is 4. The molecule has 110 valence electrons. The Balaban J connectivity index is 1.78. The van der Waals surface area contributed by atoms with Crippen LogP contribution in [0.4, 0.5) is 5.69 Å². The zero-order valence-electron chi connectivity index (χ0n) is 11.9. The van der Waals surface area contributed by atoms with Crippen molar-refractivity contribution in [3.63, 3.8) is 0 Å². The number of pyridine rings is 1. The molecule has 1 aromatic carbocycles. The highest BCUT2D eigenvalue weighted by atomic mass is 32.2. The van der Waals surface area contributed by atoms with Gasteiger partial charge in [0.25, 0.3) is 0 Å². The van der Waals surface area contributed by atoms with Crippen molar-refractivity contribution in [2.24, 2.45) is 0 Å². The van der Waals surface area contributed by atoms with Crippen LogP contribution in [0.1, 0.15) is 30.6 Å². The minimum absolute atomic E-state index is 0.125. The standard InChI is InChI=1S/C16H18N2O2S/c1-2-21(19,20)14-8-6-13(7-9-14)18-15-10-5-12-4-3-11-17-16(12)15/h3-4,6-9,11,15,18H,2,5,10H2,1H3. The Hall–Kier alpha value is -1.88. The van der Waals surface area contributed by atoms with Crippen LogP contribution in [0.25, 0.3) is 0 Å². The lowest BCUT2D eigenvalue weighted by atomic mass is 10.2. The zero-order chi connectivity index (χ0) is 14.9. The number of aromatic nitrogens is 1. The summed E-state index contributed by atoms with van der Waals surface area (Å²) in [5.74, 6) is 0.125. The average molecular weight is 302 g/mol. The molecule has 0 spiro atoms. The molecule has 1 aliphatic rings. The molecule has 0 fully saturated rings. The number of fused-ring (bicyclic) bond motifs is 1. The molecule has 1 heterocycles. The molecule has 0 radical (unpaired) electrons. The maximum Gasteiger partial charge on any atom is 0.178 e. The van der Waals surface area contributed by atoms with Crippen LogP contribution in [-0.2, 0) is 16.3 Å². The monoisotopic (exact) mass is 302 g/mol. The molecular weight excluding hydrogens is 284 g/mol. The van der Waals surface area contributed by atoms with Crippen LogP contribution in [0.5, 0.6) is 0 Å². The van der Waals surface area contributed by atoms with Crippen molar-refractivity contribution in [2.75, 3.05) is 11.1 Å². The van der Waals surface area contributed by atoms with E-state index < -0.39 is 9.84 Å². The van der Waals surface area contributed by atoms with E-state index in [1.54, 1.807) is 19.1 Å². The van der Waals surface area contributed by atoms with Gasteiger partial charge in [0, 0.05) is 11.9 Å². The number of anilines is 1. The molecule has 3 rings (SSSR count). The van der Waals surface area contributed by atoms with E-state index in [9.17, 15) is 8.42 Å². The summed E-state index contributed by atoms with van der Waals surface area (Å²) >= 11 is 0. The second-order valence-corrected chi connectivity index (χ2v) is 7.49. The molecule has 4 nitrogen and oxygen atoms in total. The topological polar surface area (TPSA) is 59.1 Å². The minimum Gasteiger partial charge on any atom is -0.377 e. The third-order valence-electron chi connectivity index (χ3n) is 3.89. The van der Waals surface area contributed by atoms with Gasteiger partial charge in [0.05, 0.1) is 22.4 Å². The number of sulfone groups is 1. The molecule has 5 heteroatoms. The second kappa shape index (κ2) is 5.48. The van der Waals surface area contributed by atoms with Crippen LogP contribution in [0, 0.1) is 0 Å². The third kappa shape index (κ3) is 2.78. The van der Waals surface area contributed by atoms with Crippen molar-refractivity contribution >= 4 is 15.5 Å². The Morgan fingerprint density at radius 3 is 2.71 bits per heavy atom. The van der Waals surface area contributed by atoms with Crippen molar-refractivity contribution < 1.29 is 8.42 Å². The van der Waals surface area contributed by atoms with Crippen molar-refractivity contribution in [1.29, 1.82) is 0 Å². The van der Waals surface area contributed by atoms with Crippen LogP contribution in [0.15, 0.2) is 47.5 Å². The molecule has 0 bridgehead atoms. The summed E-state index contributed by atoms with van der Waals surface area (Å²) in [5, 5.41) is 3.44. The SMILES string of the molecule is CCS(=O)(=O)c1ccc(NC2CCc3cccnc32)cc1. The van der Waals surface area contributed by atoms with E-state index in [4.69, 9.17) is 0 Å². The highest BCUT2D eigenvalue weighted by Crippen LogP contribution is 2.32. The highest BCUT2D eigenvalue weighted by molar-refractivity contribution is 7.91. The van der Waals surface area contributed by atoms with Crippen molar-refractivity contribution in [3.05, 3.63) is 53.9 Å². The first-order chi connectivity index (χ1) is 10.1. The second-order valence-electron chi connectivity index (χ2n) is 5.21. The first-order valence-corrected chi connectivity index (χ1v) is 8.78. The van der Waals surface area contributed by atoms with E-state index >= 15 is 0 Å². The molecule has 1 unspecified atom stereocenters. The molecular formula is C16H18N2O2S. The number of benzene rings is 1. The summed E-state index contributed by atoms with van der Waals surface area (Å²) in [6, 6.07) is 11.2. The van der Waals surface area contributed by atoms with Gasteiger partial charge in [0.15, 0.2) is 9.84 Å². The summed E-state index contributed by atoms with van der Waals surface area (Å²) in [4.78, 5) is 4.82. The summed E-state index contributed by atoms with van der Waals surface area (Å²) in [7, 11) is -3.13. The van der Waals surface area contributed by atoms with Gasteiger partial charge in [-0.25, -0.2) is 8.42 Å². The summed E-state index contributed by atoms with van der Waals surface area (Å²) in [6.07, 6.45) is 3.86. The first-order valence-electron chi connectivity index (χ1n) is 7.13. The van der Waals surface area contributed by atoms with Gasteiger partial charge in [0.1, 0.15) is 0 Å². The Labute approximate surface area is 125 Å². The molecule has 2 aromatic rings. The van der Waals surface area contributed by atoms with Crippen LogP contribution in [0.2, 0.25) is 0 Å². The van der Waals surface area contributed by atoms with Crippen LogP contribution in [-0.4, -0.2) is 19.2 Å². The zero-order valence-corrected chi connectivity index (χ0v) is 12.7. The van der Waals surface area contributed by atoms with Crippen molar-refractivity contribution in [3.8, 4) is 0 Å². The Morgan fingerprint density at radius 1 is 1.24 bits per heavy atom. The fourth-order valence-electron chi connectivity index (χ4n) is 2.68. The third-order valence-corrected chi connectivity index (χ3v) is 5.64. The molecule has 1 atom stereocenters. The molecule has 1 aliphatic carbocycles. The van der Waals surface area contributed by atoms with Gasteiger partial charge in [-0.05, 0) is 48.7 Å². The normalized spacial score (nSPS) is 17.5. The fraction of sp³-hybridized carbons (Fsp3) is 0.312. The van der Waals surface area contributed by atoms with Crippen LogP contribution >= 0.6 is 0 Å². The molecule has 21 heavy (non-hydrogen) atoms. The lowest BCUT2D eigenvalue weighted by Crippen LogP contribution is -2.09. The fourth-order valence-corrected chi connectivity index (χ4v) is 3.56. The van der Waals surface area contributed by atoms with Gasteiger partial charge < -0.3 is 5.32 Å². The Kier molecular flexibility index (Phi) is 3.68. The maximum atomic E-state index is 11.8. The highest BCUT2D eigenvalue weighted by Gasteiger charge is 2.23. The van der Waals surface area contributed by atoms with E-state index in [1.165, 1.54) is 5.56 Å². The molecule has 0 amide bonds. The van der Waals surface area contributed by atoms with Gasteiger partial charge >= 0.3 is 0 Å². The quantitative estimate of drug-likeness (QED) is 0.943. The Morgan fingerprint density at radius 2 is 2.00 bits per heavy atom. The summed E-state index contributed by atoms with van der Waals surface area (Å²) < 4.78 is 23.6. The van der Waals surface area contributed by atoms with E-state index in [0.29, 0.717) is 4.90 Å². The predicted octanol–water partition coefficient (Wildman–Crippen LogP) is 2.97. The number of nitrogens with one attached hydrogen (secondary N) is 1. The molecule has 1 N–H and O–H groups in total. The van der Waals surface area contributed by atoms with E-state index in [2.05, 4.69) is 16.4 Å². The van der Waals surface area contributed by atoms with Gasteiger partial charge in [-0.1, -0.05) is 13.0 Å². The van der Waals surface area contributed by atoms with E-state index in [0.717, 1.165) is 24.2 Å².